The molecular weight excluding hydrogens is 286 g/mol. The summed E-state index contributed by atoms with van der Waals surface area (Å²) in [6.45, 7) is 6.53. The van der Waals surface area contributed by atoms with Gasteiger partial charge in [0, 0.05) is 10.1 Å². The van der Waals surface area contributed by atoms with E-state index in [1.165, 1.54) is 22.4 Å². The van der Waals surface area contributed by atoms with Gasteiger partial charge < -0.3 is 5.32 Å². The van der Waals surface area contributed by atoms with Crippen LogP contribution in [-0.4, -0.2) is 13.1 Å². The molecule has 0 saturated heterocycles. The molecule has 2 heteroatoms. The van der Waals surface area contributed by atoms with Crippen LogP contribution in [0.5, 0.6) is 0 Å². The minimum atomic E-state index is 0.512. The molecule has 0 heterocycles. The third-order valence-corrected chi connectivity index (χ3v) is 5.21. The van der Waals surface area contributed by atoms with Crippen molar-refractivity contribution in [2.24, 2.45) is 0 Å². The Morgan fingerprint density at radius 1 is 0.955 bits per heavy atom. The van der Waals surface area contributed by atoms with Crippen molar-refractivity contribution in [2.45, 2.75) is 43.3 Å². The largest absolute Gasteiger partial charge is 0.317 e. The summed E-state index contributed by atoms with van der Waals surface area (Å²) in [7, 11) is 0. The van der Waals surface area contributed by atoms with Crippen LogP contribution in [0, 0.1) is 0 Å². The normalized spacial score (nSPS) is 12.3. The predicted molar refractivity (Wildman–Crippen MR) is 98.6 cm³/mol. The Morgan fingerprint density at radius 3 is 2.41 bits per heavy atom. The third kappa shape index (κ3) is 5.19. The van der Waals surface area contributed by atoms with Crippen molar-refractivity contribution in [3.63, 3.8) is 0 Å². The number of hydrogen-bond donors (Lipinski definition) is 1. The molecular formula is C20H27NS. The minimum Gasteiger partial charge on any atom is -0.317 e. The van der Waals surface area contributed by atoms with E-state index in [4.69, 9.17) is 0 Å². The van der Waals surface area contributed by atoms with Crippen LogP contribution in [0.1, 0.15) is 43.1 Å². The average molecular weight is 314 g/mol. The number of benzene rings is 2. The molecule has 0 aliphatic carbocycles. The Balaban J connectivity index is 2.15. The lowest BCUT2D eigenvalue weighted by Gasteiger charge is -2.19. The van der Waals surface area contributed by atoms with Gasteiger partial charge in [-0.15, -0.1) is 11.8 Å². The van der Waals surface area contributed by atoms with Crippen LogP contribution in [0.15, 0.2) is 59.5 Å². The highest BCUT2D eigenvalue weighted by Gasteiger charge is 2.14. The lowest BCUT2D eigenvalue weighted by atomic mass is 10.1. The third-order valence-electron chi connectivity index (χ3n) is 3.77. The van der Waals surface area contributed by atoms with E-state index < -0.39 is 0 Å². The van der Waals surface area contributed by atoms with Gasteiger partial charge in [0.1, 0.15) is 0 Å². The molecule has 0 spiro atoms. The smallest absolute Gasteiger partial charge is 0.0356 e. The van der Waals surface area contributed by atoms with Gasteiger partial charge in [-0.25, -0.2) is 0 Å². The SMILES string of the molecule is CCCc1ccccc1SC(CCNCC)c1ccccc1. The number of thioether (sulfide) groups is 1. The summed E-state index contributed by atoms with van der Waals surface area (Å²) in [4.78, 5) is 1.44. The first-order valence-electron chi connectivity index (χ1n) is 8.35. The van der Waals surface area contributed by atoms with Crippen molar-refractivity contribution in [1.82, 2.24) is 5.32 Å². The standard InChI is InChI=1S/C20H27NS/c1-3-10-17-13-8-9-14-19(17)22-20(15-16-21-4-2)18-11-6-5-7-12-18/h5-9,11-14,20-21H,3-4,10,15-16H2,1-2H3. The van der Waals surface area contributed by atoms with E-state index in [2.05, 4.69) is 73.8 Å². The second-order valence-electron chi connectivity index (χ2n) is 5.52. The van der Waals surface area contributed by atoms with E-state index in [1.807, 2.05) is 11.8 Å². The second-order valence-corrected chi connectivity index (χ2v) is 6.76. The Kier molecular flexibility index (Phi) is 7.55. The minimum absolute atomic E-state index is 0.512. The van der Waals surface area contributed by atoms with E-state index >= 15 is 0 Å². The van der Waals surface area contributed by atoms with Gasteiger partial charge in [-0.3, -0.25) is 0 Å². The quantitative estimate of drug-likeness (QED) is 0.486. The highest BCUT2D eigenvalue weighted by atomic mass is 32.2. The monoisotopic (exact) mass is 313 g/mol. The molecule has 0 aliphatic heterocycles. The molecule has 1 atom stereocenters. The molecule has 1 nitrogen and oxygen atoms in total. The van der Waals surface area contributed by atoms with Crippen molar-refractivity contribution in [2.75, 3.05) is 13.1 Å². The van der Waals surface area contributed by atoms with Gasteiger partial charge in [0.25, 0.3) is 0 Å². The maximum atomic E-state index is 3.46. The van der Waals surface area contributed by atoms with Gasteiger partial charge in [0.05, 0.1) is 0 Å². The Labute approximate surface area is 139 Å². The van der Waals surface area contributed by atoms with Crippen LogP contribution in [0.3, 0.4) is 0 Å². The van der Waals surface area contributed by atoms with Gasteiger partial charge in [-0.1, -0.05) is 68.8 Å². The molecule has 0 bridgehead atoms. The van der Waals surface area contributed by atoms with Crippen LogP contribution in [0.25, 0.3) is 0 Å². The summed E-state index contributed by atoms with van der Waals surface area (Å²) < 4.78 is 0. The molecule has 0 radical (unpaired) electrons. The lowest BCUT2D eigenvalue weighted by Crippen LogP contribution is -2.16. The van der Waals surface area contributed by atoms with Crippen molar-refractivity contribution >= 4 is 11.8 Å². The van der Waals surface area contributed by atoms with Crippen LogP contribution in [-0.2, 0) is 6.42 Å². The molecule has 2 rings (SSSR count). The van der Waals surface area contributed by atoms with Crippen molar-refractivity contribution in [3.05, 3.63) is 65.7 Å². The summed E-state index contributed by atoms with van der Waals surface area (Å²) in [6.07, 6.45) is 3.52. The van der Waals surface area contributed by atoms with Gasteiger partial charge in [-0.2, -0.15) is 0 Å². The van der Waals surface area contributed by atoms with Gasteiger partial charge in [0.2, 0.25) is 0 Å². The maximum absolute atomic E-state index is 3.46. The summed E-state index contributed by atoms with van der Waals surface area (Å²) in [6, 6.07) is 19.8. The summed E-state index contributed by atoms with van der Waals surface area (Å²) in [5, 5.41) is 3.97. The zero-order valence-electron chi connectivity index (χ0n) is 13.7. The molecule has 22 heavy (non-hydrogen) atoms. The zero-order valence-corrected chi connectivity index (χ0v) is 14.5. The molecule has 0 saturated carbocycles. The molecule has 2 aromatic rings. The highest BCUT2D eigenvalue weighted by Crippen LogP contribution is 2.39. The van der Waals surface area contributed by atoms with Gasteiger partial charge >= 0.3 is 0 Å². The van der Waals surface area contributed by atoms with Crippen molar-refractivity contribution in [1.29, 1.82) is 0 Å². The molecule has 0 amide bonds. The number of hydrogen-bond acceptors (Lipinski definition) is 2. The Bertz CT molecular complexity index is 538. The first kappa shape index (κ1) is 17.1. The van der Waals surface area contributed by atoms with E-state index in [-0.39, 0.29) is 0 Å². The number of nitrogens with one attached hydrogen (secondary N) is 1. The molecule has 0 fully saturated rings. The second kappa shape index (κ2) is 9.70. The molecule has 1 unspecified atom stereocenters. The fourth-order valence-electron chi connectivity index (χ4n) is 2.62. The summed E-state index contributed by atoms with van der Waals surface area (Å²) >= 11 is 2.02. The molecule has 1 N–H and O–H groups in total. The highest BCUT2D eigenvalue weighted by molar-refractivity contribution is 7.99. The summed E-state index contributed by atoms with van der Waals surface area (Å²) in [5.41, 5.74) is 2.91. The van der Waals surface area contributed by atoms with Crippen molar-refractivity contribution in [3.8, 4) is 0 Å². The van der Waals surface area contributed by atoms with Crippen LogP contribution < -0.4 is 5.32 Å². The molecule has 0 aromatic heterocycles. The maximum Gasteiger partial charge on any atom is 0.0356 e. The average Bonchev–Trinajstić information content (AvgIpc) is 2.57. The predicted octanol–water partition coefficient (Wildman–Crippen LogP) is 5.47. The first-order chi connectivity index (χ1) is 10.8. The molecule has 0 aliphatic rings. The van der Waals surface area contributed by atoms with Crippen LogP contribution >= 0.6 is 11.8 Å². The lowest BCUT2D eigenvalue weighted by molar-refractivity contribution is 0.666. The van der Waals surface area contributed by atoms with Crippen LogP contribution in [0.4, 0.5) is 0 Å². The van der Waals surface area contributed by atoms with E-state index in [9.17, 15) is 0 Å². The topological polar surface area (TPSA) is 12.0 Å². The van der Waals surface area contributed by atoms with Gasteiger partial charge in [-0.05, 0) is 43.1 Å². The zero-order chi connectivity index (χ0) is 15.6. The Hall–Kier alpha value is -1.25. The Morgan fingerprint density at radius 2 is 1.68 bits per heavy atom. The van der Waals surface area contributed by atoms with E-state index in [1.54, 1.807) is 0 Å². The molecule has 2 aromatic carbocycles. The van der Waals surface area contributed by atoms with Crippen molar-refractivity contribution < 1.29 is 0 Å². The summed E-state index contributed by atoms with van der Waals surface area (Å²) in [5.74, 6) is 0. The first-order valence-corrected chi connectivity index (χ1v) is 9.23. The van der Waals surface area contributed by atoms with Crippen LogP contribution in [0.2, 0.25) is 0 Å². The molecule has 118 valence electrons. The van der Waals surface area contributed by atoms with E-state index in [0.717, 1.165) is 25.9 Å². The van der Waals surface area contributed by atoms with E-state index in [0.29, 0.717) is 5.25 Å². The fraction of sp³-hybridized carbons (Fsp3) is 0.400. The van der Waals surface area contributed by atoms with Gasteiger partial charge in [0.15, 0.2) is 0 Å². The fourth-order valence-corrected chi connectivity index (χ4v) is 3.93. The number of aryl methyl sites for hydroxylation is 1. The number of rotatable bonds is 9.